The summed E-state index contributed by atoms with van der Waals surface area (Å²) in [7, 11) is 1.58. The number of hydrogen-bond donors (Lipinski definition) is 2. The molecule has 5 nitrogen and oxygen atoms in total. The van der Waals surface area contributed by atoms with Crippen molar-refractivity contribution in [1.29, 1.82) is 0 Å². The topological polar surface area (TPSA) is 62.7 Å². The van der Waals surface area contributed by atoms with Crippen LogP contribution in [-0.2, 0) is 4.79 Å². The quantitative estimate of drug-likeness (QED) is 0.636. The summed E-state index contributed by atoms with van der Waals surface area (Å²) in [6.07, 6.45) is 0. The number of carbonyl (C=O) groups excluding carboxylic acids is 1. The SMILES string of the molecule is COc1cccc(NCC(=O)N/N=C(/C)c2ccc(F)cc2)c1. The van der Waals surface area contributed by atoms with Gasteiger partial charge in [-0.25, -0.2) is 9.82 Å². The van der Waals surface area contributed by atoms with Crippen LogP contribution in [0.5, 0.6) is 5.75 Å². The van der Waals surface area contributed by atoms with Crippen molar-refractivity contribution in [2.75, 3.05) is 19.0 Å². The molecule has 6 heteroatoms. The second kappa shape index (κ2) is 7.93. The molecule has 0 aromatic heterocycles. The number of benzene rings is 2. The first-order valence-corrected chi connectivity index (χ1v) is 7.05. The third-order valence-electron chi connectivity index (χ3n) is 3.13. The van der Waals surface area contributed by atoms with Crippen LogP contribution in [0.2, 0.25) is 0 Å². The zero-order valence-electron chi connectivity index (χ0n) is 13.0. The highest BCUT2D eigenvalue weighted by molar-refractivity contribution is 5.99. The number of methoxy groups -OCH3 is 1. The van der Waals surface area contributed by atoms with Crippen LogP contribution in [-0.4, -0.2) is 25.3 Å². The van der Waals surface area contributed by atoms with Crippen molar-refractivity contribution in [2.45, 2.75) is 6.92 Å². The fraction of sp³-hybridized carbons (Fsp3) is 0.176. The van der Waals surface area contributed by atoms with Crippen LogP contribution in [0, 0.1) is 5.82 Å². The van der Waals surface area contributed by atoms with Crippen molar-refractivity contribution in [2.24, 2.45) is 5.10 Å². The first kappa shape index (κ1) is 16.5. The van der Waals surface area contributed by atoms with Gasteiger partial charge in [-0.15, -0.1) is 0 Å². The van der Waals surface area contributed by atoms with Gasteiger partial charge in [0.1, 0.15) is 11.6 Å². The minimum atomic E-state index is -0.312. The summed E-state index contributed by atoms with van der Waals surface area (Å²) in [5.74, 6) is 0.114. The van der Waals surface area contributed by atoms with Gasteiger partial charge >= 0.3 is 0 Å². The van der Waals surface area contributed by atoms with Crippen LogP contribution in [0.3, 0.4) is 0 Å². The van der Waals surface area contributed by atoms with Crippen LogP contribution in [0.4, 0.5) is 10.1 Å². The Bertz CT molecular complexity index is 699. The van der Waals surface area contributed by atoms with Gasteiger partial charge in [0.2, 0.25) is 0 Å². The van der Waals surface area contributed by atoms with Gasteiger partial charge in [-0.3, -0.25) is 4.79 Å². The van der Waals surface area contributed by atoms with Gasteiger partial charge in [-0.2, -0.15) is 5.10 Å². The summed E-state index contributed by atoms with van der Waals surface area (Å²) in [5.41, 5.74) is 4.57. The molecule has 120 valence electrons. The Balaban J connectivity index is 1.86. The fourth-order valence-corrected chi connectivity index (χ4v) is 1.86. The molecular weight excluding hydrogens is 297 g/mol. The van der Waals surface area contributed by atoms with Crippen molar-refractivity contribution >= 4 is 17.3 Å². The van der Waals surface area contributed by atoms with Gasteiger partial charge in [0.15, 0.2) is 0 Å². The molecule has 0 heterocycles. The Hall–Kier alpha value is -2.89. The zero-order valence-corrected chi connectivity index (χ0v) is 13.0. The van der Waals surface area contributed by atoms with Crippen LogP contribution >= 0.6 is 0 Å². The predicted octanol–water partition coefficient (Wildman–Crippen LogP) is 2.79. The zero-order chi connectivity index (χ0) is 16.7. The van der Waals surface area contributed by atoms with Crippen molar-refractivity contribution in [3.63, 3.8) is 0 Å². The summed E-state index contributed by atoms with van der Waals surface area (Å²) in [4.78, 5) is 11.8. The number of anilines is 1. The van der Waals surface area contributed by atoms with Crippen molar-refractivity contribution < 1.29 is 13.9 Å². The normalized spacial score (nSPS) is 11.0. The first-order valence-electron chi connectivity index (χ1n) is 7.05. The molecule has 0 aliphatic rings. The number of hydrazone groups is 1. The molecule has 0 bridgehead atoms. The average molecular weight is 315 g/mol. The van der Waals surface area contributed by atoms with E-state index in [-0.39, 0.29) is 18.3 Å². The Morgan fingerprint density at radius 2 is 1.96 bits per heavy atom. The van der Waals surface area contributed by atoms with Crippen LogP contribution < -0.4 is 15.5 Å². The highest BCUT2D eigenvalue weighted by Crippen LogP contribution is 2.16. The first-order chi connectivity index (χ1) is 11.1. The molecule has 0 radical (unpaired) electrons. The van der Waals surface area contributed by atoms with Gasteiger partial charge in [0, 0.05) is 11.8 Å². The largest absolute Gasteiger partial charge is 0.497 e. The number of hydrogen-bond acceptors (Lipinski definition) is 4. The Labute approximate surface area is 134 Å². The maximum atomic E-state index is 12.9. The molecule has 2 rings (SSSR count). The van der Waals surface area contributed by atoms with E-state index in [4.69, 9.17) is 4.74 Å². The van der Waals surface area contributed by atoms with Crippen molar-refractivity contribution in [3.8, 4) is 5.75 Å². The molecule has 0 aliphatic heterocycles. The molecule has 23 heavy (non-hydrogen) atoms. The van der Waals surface area contributed by atoms with Crippen molar-refractivity contribution in [3.05, 3.63) is 59.9 Å². The minimum Gasteiger partial charge on any atom is -0.497 e. The molecule has 0 aliphatic carbocycles. The van der Waals surface area contributed by atoms with E-state index in [9.17, 15) is 9.18 Å². The number of nitrogens with one attached hydrogen (secondary N) is 2. The lowest BCUT2D eigenvalue weighted by molar-refractivity contribution is -0.119. The third-order valence-corrected chi connectivity index (χ3v) is 3.13. The molecule has 0 fully saturated rings. The van der Waals surface area contributed by atoms with E-state index in [1.807, 2.05) is 18.2 Å². The highest BCUT2D eigenvalue weighted by atomic mass is 19.1. The van der Waals surface area contributed by atoms with Crippen LogP contribution in [0.1, 0.15) is 12.5 Å². The lowest BCUT2D eigenvalue weighted by atomic mass is 10.1. The van der Waals surface area contributed by atoms with Crippen molar-refractivity contribution in [1.82, 2.24) is 5.43 Å². The molecule has 0 unspecified atom stereocenters. The maximum absolute atomic E-state index is 12.9. The van der Waals surface area contributed by atoms with Gasteiger partial charge < -0.3 is 10.1 Å². The minimum absolute atomic E-state index is 0.0768. The van der Waals surface area contributed by atoms with E-state index in [1.165, 1.54) is 12.1 Å². The van der Waals surface area contributed by atoms with E-state index in [2.05, 4.69) is 15.8 Å². The van der Waals surface area contributed by atoms with E-state index < -0.39 is 0 Å². The maximum Gasteiger partial charge on any atom is 0.259 e. The number of halogens is 1. The lowest BCUT2D eigenvalue weighted by Gasteiger charge is -2.07. The van der Waals surface area contributed by atoms with Gasteiger partial charge in [0.05, 0.1) is 19.4 Å². The molecule has 0 spiro atoms. The summed E-state index contributed by atoms with van der Waals surface area (Å²) in [5, 5.41) is 6.98. The second-order valence-electron chi connectivity index (χ2n) is 4.82. The predicted molar refractivity (Wildman–Crippen MR) is 88.2 cm³/mol. The molecular formula is C17H18FN3O2. The average Bonchev–Trinajstić information content (AvgIpc) is 2.58. The Morgan fingerprint density at radius 1 is 1.22 bits per heavy atom. The highest BCUT2D eigenvalue weighted by Gasteiger charge is 2.02. The molecule has 2 N–H and O–H groups in total. The Morgan fingerprint density at radius 3 is 2.65 bits per heavy atom. The van der Waals surface area contributed by atoms with E-state index >= 15 is 0 Å². The third kappa shape index (κ3) is 5.10. The number of amides is 1. The number of nitrogens with zero attached hydrogens (tertiary/aromatic N) is 1. The second-order valence-corrected chi connectivity index (χ2v) is 4.82. The summed E-state index contributed by atoms with van der Waals surface area (Å²) < 4.78 is 18.0. The molecule has 1 amide bonds. The molecule has 2 aromatic rings. The molecule has 0 saturated carbocycles. The summed E-state index contributed by atoms with van der Waals surface area (Å²) in [6, 6.07) is 13.2. The number of ether oxygens (including phenoxy) is 1. The monoisotopic (exact) mass is 315 g/mol. The van der Waals surface area contributed by atoms with E-state index in [0.29, 0.717) is 11.5 Å². The fourth-order valence-electron chi connectivity index (χ4n) is 1.86. The van der Waals surface area contributed by atoms with E-state index in [1.54, 1.807) is 32.2 Å². The van der Waals surface area contributed by atoms with Gasteiger partial charge in [-0.1, -0.05) is 18.2 Å². The van der Waals surface area contributed by atoms with Crippen LogP contribution in [0.15, 0.2) is 53.6 Å². The smallest absolute Gasteiger partial charge is 0.259 e. The van der Waals surface area contributed by atoms with E-state index in [0.717, 1.165) is 11.3 Å². The molecule has 0 atom stereocenters. The van der Waals surface area contributed by atoms with Crippen LogP contribution in [0.25, 0.3) is 0 Å². The Kier molecular flexibility index (Phi) is 5.68. The summed E-state index contributed by atoms with van der Waals surface area (Å²) >= 11 is 0. The van der Waals surface area contributed by atoms with Gasteiger partial charge in [-0.05, 0) is 36.8 Å². The summed E-state index contributed by atoms with van der Waals surface area (Å²) in [6.45, 7) is 1.82. The standard InChI is InChI=1S/C17H18FN3O2/c1-12(13-6-8-14(18)9-7-13)20-21-17(22)11-19-15-4-3-5-16(10-15)23-2/h3-10,19H,11H2,1-2H3,(H,21,22)/b20-12-. The number of carbonyl (C=O) groups is 1. The number of rotatable bonds is 6. The molecule has 2 aromatic carbocycles. The van der Waals surface area contributed by atoms with Gasteiger partial charge in [0.25, 0.3) is 5.91 Å². The molecule has 0 saturated heterocycles. The lowest BCUT2D eigenvalue weighted by Crippen LogP contribution is -2.26.